The number of ether oxygens (including phenoxy) is 1. The molecule has 5 aromatic rings. The summed E-state index contributed by atoms with van der Waals surface area (Å²) in [6, 6.07) is 30.2. The summed E-state index contributed by atoms with van der Waals surface area (Å²) in [5.74, 6) is -0.224. The molecular weight excluding hydrogens is 628 g/mol. The number of halogens is 1. The average molecular weight is 655 g/mol. The second-order valence-corrected chi connectivity index (χ2v) is 11.9. The first kappa shape index (κ1) is 31.5. The van der Waals surface area contributed by atoms with Crippen LogP contribution in [0.4, 0.5) is 10.8 Å². The lowest BCUT2D eigenvalue weighted by Crippen LogP contribution is -2.30. The summed E-state index contributed by atoms with van der Waals surface area (Å²) in [6.07, 6.45) is 1.60. The fraction of sp³-hybridized carbons (Fsp3) is 0.0588. The minimum Gasteiger partial charge on any atom is -0.497 e. The topological polar surface area (TPSA) is 109 Å². The van der Waals surface area contributed by atoms with Gasteiger partial charge in [-0.15, -0.1) is 23.1 Å². The van der Waals surface area contributed by atoms with E-state index in [1.807, 2.05) is 35.7 Å². The zero-order chi connectivity index (χ0) is 31.6. The molecule has 11 heteroatoms. The van der Waals surface area contributed by atoms with Gasteiger partial charge in [-0.05, 0) is 72.3 Å². The van der Waals surface area contributed by atoms with Crippen LogP contribution in [0.5, 0.6) is 5.75 Å². The maximum atomic E-state index is 13.3. The number of hydrogen-bond donors (Lipinski definition) is 3. The molecule has 0 fully saturated rings. The molecule has 45 heavy (non-hydrogen) atoms. The smallest absolute Gasteiger partial charge is 0.272 e. The Labute approximate surface area is 273 Å². The quantitative estimate of drug-likeness (QED) is 0.0999. The molecule has 3 amide bonds. The van der Waals surface area contributed by atoms with E-state index in [4.69, 9.17) is 16.3 Å². The van der Waals surface area contributed by atoms with Crippen molar-refractivity contribution >= 4 is 69.3 Å². The van der Waals surface area contributed by atoms with Crippen LogP contribution in [0.3, 0.4) is 0 Å². The van der Waals surface area contributed by atoms with Crippen LogP contribution in [0.15, 0.2) is 119 Å². The molecule has 5 rings (SSSR count). The lowest BCUT2D eigenvalue weighted by Gasteiger charge is -2.12. The number of benzene rings is 4. The number of thiazole rings is 1. The largest absolute Gasteiger partial charge is 0.497 e. The Morgan fingerprint density at radius 3 is 2.29 bits per heavy atom. The van der Waals surface area contributed by atoms with Crippen LogP contribution in [0, 0.1) is 0 Å². The number of rotatable bonds is 11. The van der Waals surface area contributed by atoms with Gasteiger partial charge >= 0.3 is 0 Å². The molecule has 8 nitrogen and oxygen atoms in total. The van der Waals surface area contributed by atoms with Gasteiger partial charge in [0.2, 0.25) is 5.91 Å². The van der Waals surface area contributed by atoms with E-state index < -0.39 is 11.8 Å². The van der Waals surface area contributed by atoms with Crippen molar-refractivity contribution in [1.82, 2.24) is 10.3 Å². The maximum Gasteiger partial charge on any atom is 0.272 e. The standard InChI is InChI=1S/C34H27ClN4O4S2/c1-43-27-15-7-22(8-16-27)19-29(37-32(41)24-5-3-2-4-6-24)33(42)36-26-13-17-28(18-14-26)44-21-31(40)39-34-38-30(20-45-34)23-9-11-25(35)12-10-23/h2-20H,21H2,1H3,(H,36,42)(H,37,41)(H,38,39,40)/b29-19-. The summed E-state index contributed by atoms with van der Waals surface area (Å²) < 4.78 is 5.21. The number of nitrogens with zero attached hydrogens (tertiary/aromatic N) is 1. The highest BCUT2D eigenvalue weighted by atomic mass is 35.5. The van der Waals surface area contributed by atoms with Crippen molar-refractivity contribution in [2.75, 3.05) is 23.5 Å². The number of amides is 3. The summed E-state index contributed by atoms with van der Waals surface area (Å²) >= 11 is 8.66. The SMILES string of the molecule is COc1ccc(/C=C(\NC(=O)c2ccccc2)C(=O)Nc2ccc(SCC(=O)Nc3nc(-c4ccc(Cl)cc4)cs3)cc2)cc1. The van der Waals surface area contributed by atoms with Crippen LogP contribution in [0.1, 0.15) is 15.9 Å². The van der Waals surface area contributed by atoms with E-state index in [1.54, 1.807) is 86.0 Å². The number of nitrogens with one attached hydrogen (secondary N) is 3. The first-order chi connectivity index (χ1) is 21.9. The van der Waals surface area contributed by atoms with E-state index >= 15 is 0 Å². The van der Waals surface area contributed by atoms with Gasteiger partial charge < -0.3 is 20.7 Å². The fourth-order valence-corrected chi connectivity index (χ4v) is 5.59. The van der Waals surface area contributed by atoms with Gasteiger partial charge in [0.25, 0.3) is 11.8 Å². The second-order valence-electron chi connectivity index (χ2n) is 9.51. The molecule has 0 unspecified atom stereocenters. The Bertz CT molecular complexity index is 1810. The van der Waals surface area contributed by atoms with Gasteiger partial charge in [0, 0.05) is 32.1 Å². The fourth-order valence-electron chi connectivity index (χ4n) is 4.03. The lowest BCUT2D eigenvalue weighted by atomic mass is 10.1. The van der Waals surface area contributed by atoms with Crippen LogP contribution in [-0.2, 0) is 9.59 Å². The normalized spacial score (nSPS) is 11.0. The summed E-state index contributed by atoms with van der Waals surface area (Å²) in [5, 5.41) is 11.4. The molecule has 4 aromatic carbocycles. The molecule has 0 aliphatic rings. The third-order valence-electron chi connectivity index (χ3n) is 6.33. The van der Waals surface area contributed by atoms with Gasteiger partial charge in [-0.1, -0.05) is 54.1 Å². The van der Waals surface area contributed by atoms with Crippen LogP contribution < -0.4 is 20.7 Å². The number of carbonyl (C=O) groups excluding carboxylic acids is 3. The first-order valence-electron chi connectivity index (χ1n) is 13.6. The summed E-state index contributed by atoms with van der Waals surface area (Å²) in [7, 11) is 1.57. The Morgan fingerprint density at radius 1 is 0.889 bits per heavy atom. The van der Waals surface area contributed by atoms with E-state index in [1.165, 1.54) is 23.1 Å². The van der Waals surface area contributed by atoms with Gasteiger partial charge in [-0.2, -0.15) is 0 Å². The molecule has 0 bridgehead atoms. The van der Waals surface area contributed by atoms with Gasteiger partial charge in [0.15, 0.2) is 5.13 Å². The summed E-state index contributed by atoms with van der Waals surface area (Å²) in [4.78, 5) is 44.1. The predicted octanol–water partition coefficient (Wildman–Crippen LogP) is 7.61. The highest BCUT2D eigenvalue weighted by Gasteiger charge is 2.16. The highest BCUT2D eigenvalue weighted by Crippen LogP contribution is 2.27. The summed E-state index contributed by atoms with van der Waals surface area (Å²) in [6.45, 7) is 0. The molecule has 0 saturated heterocycles. The Hall–Kier alpha value is -4.90. The molecule has 0 radical (unpaired) electrons. The van der Waals surface area contributed by atoms with Crippen molar-refractivity contribution in [1.29, 1.82) is 0 Å². The van der Waals surface area contributed by atoms with E-state index in [2.05, 4.69) is 20.9 Å². The Balaban J connectivity index is 1.18. The van der Waals surface area contributed by atoms with Gasteiger partial charge in [-0.3, -0.25) is 14.4 Å². The van der Waals surface area contributed by atoms with E-state index in [0.717, 1.165) is 16.2 Å². The number of hydrogen-bond acceptors (Lipinski definition) is 7. The Morgan fingerprint density at radius 2 is 1.60 bits per heavy atom. The average Bonchev–Trinajstić information content (AvgIpc) is 3.53. The Kier molecular flexibility index (Phi) is 10.7. The molecule has 0 aliphatic carbocycles. The lowest BCUT2D eigenvalue weighted by molar-refractivity contribution is -0.114. The number of aromatic nitrogens is 1. The van der Waals surface area contributed by atoms with Crippen molar-refractivity contribution in [3.63, 3.8) is 0 Å². The molecule has 3 N–H and O–H groups in total. The maximum absolute atomic E-state index is 13.3. The monoisotopic (exact) mass is 654 g/mol. The number of anilines is 2. The molecular formula is C34H27ClN4O4S2. The summed E-state index contributed by atoms with van der Waals surface area (Å²) in [5.41, 5.74) is 3.41. The molecule has 1 aromatic heterocycles. The van der Waals surface area contributed by atoms with Gasteiger partial charge in [-0.25, -0.2) is 4.98 Å². The highest BCUT2D eigenvalue weighted by molar-refractivity contribution is 8.00. The minimum atomic E-state index is -0.490. The minimum absolute atomic E-state index is 0.0746. The first-order valence-corrected chi connectivity index (χ1v) is 15.9. The molecule has 0 spiro atoms. The molecule has 0 aliphatic heterocycles. The van der Waals surface area contributed by atoms with Crippen molar-refractivity contribution < 1.29 is 19.1 Å². The third-order valence-corrected chi connectivity index (χ3v) is 8.35. The molecule has 226 valence electrons. The van der Waals surface area contributed by atoms with Crippen molar-refractivity contribution in [2.24, 2.45) is 0 Å². The third kappa shape index (κ3) is 9.05. The number of methoxy groups -OCH3 is 1. The van der Waals surface area contributed by atoms with Crippen molar-refractivity contribution in [3.8, 4) is 17.0 Å². The van der Waals surface area contributed by atoms with Gasteiger partial charge in [0.05, 0.1) is 18.6 Å². The number of carbonyl (C=O) groups is 3. The van der Waals surface area contributed by atoms with Crippen LogP contribution >= 0.6 is 34.7 Å². The van der Waals surface area contributed by atoms with E-state index in [9.17, 15) is 14.4 Å². The molecule has 0 saturated carbocycles. The second kappa shape index (κ2) is 15.2. The zero-order valence-electron chi connectivity index (χ0n) is 24.0. The van der Waals surface area contributed by atoms with Crippen molar-refractivity contribution in [2.45, 2.75) is 4.90 Å². The van der Waals surface area contributed by atoms with Crippen molar-refractivity contribution in [3.05, 3.63) is 130 Å². The van der Waals surface area contributed by atoms with Gasteiger partial charge in [0.1, 0.15) is 11.4 Å². The zero-order valence-corrected chi connectivity index (χ0v) is 26.3. The predicted molar refractivity (Wildman–Crippen MR) is 182 cm³/mol. The van der Waals surface area contributed by atoms with Crippen LogP contribution in [-0.4, -0.2) is 35.6 Å². The van der Waals surface area contributed by atoms with E-state index in [-0.39, 0.29) is 17.4 Å². The van der Waals surface area contributed by atoms with Crippen LogP contribution in [0.25, 0.3) is 17.3 Å². The van der Waals surface area contributed by atoms with E-state index in [0.29, 0.717) is 32.7 Å². The molecule has 0 atom stereocenters. The molecule has 1 heterocycles. The van der Waals surface area contributed by atoms with Crippen LogP contribution in [0.2, 0.25) is 5.02 Å². The number of thioether (sulfide) groups is 1.